The summed E-state index contributed by atoms with van der Waals surface area (Å²) in [5.41, 5.74) is -1.07. The fourth-order valence-electron chi connectivity index (χ4n) is 4.39. The Hall–Kier alpha value is -2.65. The number of ketones is 1. The van der Waals surface area contributed by atoms with Crippen LogP contribution in [0.4, 0.5) is 19.0 Å². The Labute approximate surface area is 250 Å². The SMILES string of the molecule is O=C(c1nc(NS(=O)(=O)c2ccc(C(F)(F)F)cc2Cl)ccc1Sc1ccc(S(=O)(=O)C2CCOCC2)cc1)C1CC1. The fraction of sp³-hybridized carbons (Fsp3) is 0.333. The van der Waals surface area contributed by atoms with E-state index in [1.54, 1.807) is 12.1 Å². The summed E-state index contributed by atoms with van der Waals surface area (Å²) in [6.45, 7) is 0.790. The van der Waals surface area contributed by atoms with Crippen LogP contribution in [0.3, 0.4) is 0 Å². The zero-order chi connectivity index (χ0) is 30.3. The summed E-state index contributed by atoms with van der Waals surface area (Å²) in [4.78, 5) is 18.0. The van der Waals surface area contributed by atoms with Gasteiger partial charge in [-0.2, -0.15) is 13.2 Å². The largest absolute Gasteiger partial charge is 0.416 e. The molecular weight excluding hydrogens is 637 g/mol. The molecule has 2 fully saturated rings. The van der Waals surface area contributed by atoms with E-state index >= 15 is 0 Å². The van der Waals surface area contributed by atoms with Gasteiger partial charge in [0.25, 0.3) is 10.0 Å². The first-order valence-electron chi connectivity index (χ1n) is 12.8. The number of alkyl halides is 3. The highest BCUT2D eigenvalue weighted by Crippen LogP contribution is 2.39. The van der Waals surface area contributed by atoms with Crippen LogP contribution in [0.25, 0.3) is 0 Å². The number of hydrogen-bond acceptors (Lipinski definition) is 8. The van der Waals surface area contributed by atoms with Crippen LogP contribution in [0, 0.1) is 5.92 Å². The molecule has 5 rings (SSSR count). The number of halogens is 4. The third-order valence-corrected chi connectivity index (χ3v) is 12.0. The van der Waals surface area contributed by atoms with Crippen LogP contribution >= 0.6 is 23.4 Å². The zero-order valence-electron chi connectivity index (χ0n) is 21.7. The number of ether oxygens (including phenoxy) is 1. The van der Waals surface area contributed by atoms with Gasteiger partial charge in [0.15, 0.2) is 15.6 Å². The van der Waals surface area contributed by atoms with Crippen molar-refractivity contribution in [2.75, 3.05) is 17.9 Å². The smallest absolute Gasteiger partial charge is 0.381 e. The molecular formula is C27H24ClF3N2O6S3. The van der Waals surface area contributed by atoms with Gasteiger partial charge in [0.1, 0.15) is 16.4 Å². The summed E-state index contributed by atoms with van der Waals surface area (Å²) in [5, 5.41) is -1.13. The summed E-state index contributed by atoms with van der Waals surface area (Å²) in [6.07, 6.45) is -2.51. The van der Waals surface area contributed by atoms with E-state index in [-0.39, 0.29) is 28.1 Å². The van der Waals surface area contributed by atoms with Crippen molar-refractivity contribution in [3.63, 3.8) is 0 Å². The molecule has 1 aliphatic carbocycles. The summed E-state index contributed by atoms with van der Waals surface area (Å²) < 4.78 is 98.3. The monoisotopic (exact) mass is 660 g/mol. The molecule has 224 valence electrons. The molecule has 1 saturated heterocycles. The lowest BCUT2D eigenvalue weighted by Crippen LogP contribution is -2.28. The molecule has 3 aromatic rings. The van der Waals surface area contributed by atoms with Crippen molar-refractivity contribution in [3.05, 3.63) is 70.9 Å². The molecule has 1 aromatic heterocycles. The molecule has 2 aliphatic rings. The Morgan fingerprint density at radius 3 is 2.21 bits per heavy atom. The lowest BCUT2D eigenvalue weighted by Gasteiger charge is -2.22. The highest BCUT2D eigenvalue weighted by molar-refractivity contribution is 7.99. The summed E-state index contributed by atoms with van der Waals surface area (Å²) in [6, 6.07) is 11.0. The number of sulfonamides is 1. The molecule has 0 amide bonds. The maximum Gasteiger partial charge on any atom is 0.416 e. The second-order valence-corrected chi connectivity index (χ2v) is 15.3. The van der Waals surface area contributed by atoms with Crippen molar-refractivity contribution in [3.8, 4) is 0 Å². The summed E-state index contributed by atoms with van der Waals surface area (Å²) >= 11 is 7.05. The van der Waals surface area contributed by atoms with Gasteiger partial charge in [-0.25, -0.2) is 21.8 Å². The molecule has 8 nitrogen and oxygen atoms in total. The molecule has 2 heterocycles. The lowest BCUT2D eigenvalue weighted by atomic mass is 10.2. The number of Topliss-reactive ketones (excluding diaryl/α,β-unsaturated/α-hetero) is 1. The van der Waals surface area contributed by atoms with Crippen molar-refractivity contribution >= 4 is 54.8 Å². The molecule has 0 atom stereocenters. The van der Waals surface area contributed by atoms with Gasteiger partial charge >= 0.3 is 6.18 Å². The average Bonchev–Trinajstić information content (AvgIpc) is 3.79. The number of hydrogen-bond donors (Lipinski definition) is 1. The molecule has 1 saturated carbocycles. The van der Waals surface area contributed by atoms with Gasteiger partial charge in [-0.1, -0.05) is 23.4 Å². The minimum Gasteiger partial charge on any atom is -0.381 e. The molecule has 15 heteroatoms. The number of pyridine rings is 1. The van der Waals surface area contributed by atoms with E-state index in [0.29, 0.717) is 60.8 Å². The van der Waals surface area contributed by atoms with E-state index < -0.39 is 46.8 Å². The molecule has 0 bridgehead atoms. The Balaban J connectivity index is 1.39. The maximum absolute atomic E-state index is 13.1. The molecule has 0 spiro atoms. The second-order valence-electron chi connectivity index (χ2n) is 9.86. The van der Waals surface area contributed by atoms with Crippen molar-refractivity contribution in [1.29, 1.82) is 0 Å². The van der Waals surface area contributed by atoms with E-state index in [9.17, 15) is 34.8 Å². The van der Waals surface area contributed by atoms with E-state index in [2.05, 4.69) is 9.71 Å². The first-order valence-corrected chi connectivity index (χ1v) is 17.0. The fourth-order valence-corrected chi connectivity index (χ4v) is 8.56. The topological polar surface area (TPSA) is 119 Å². The minimum atomic E-state index is -4.70. The van der Waals surface area contributed by atoms with Crippen LogP contribution in [0.15, 0.2) is 74.2 Å². The number of nitrogens with one attached hydrogen (secondary N) is 1. The van der Waals surface area contributed by atoms with Gasteiger partial charge in [0.05, 0.1) is 20.7 Å². The van der Waals surface area contributed by atoms with Crippen LogP contribution in [0.1, 0.15) is 41.7 Å². The predicted molar refractivity (Wildman–Crippen MR) is 150 cm³/mol. The Morgan fingerprint density at radius 1 is 0.952 bits per heavy atom. The number of carbonyl (C=O) groups excluding carboxylic acids is 1. The quantitative estimate of drug-likeness (QED) is 0.268. The summed E-state index contributed by atoms with van der Waals surface area (Å²) in [5.74, 6) is -0.734. The molecule has 0 unspecified atom stereocenters. The highest BCUT2D eigenvalue weighted by Gasteiger charge is 2.35. The van der Waals surface area contributed by atoms with Crippen LogP contribution in [0.5, 0.6) is 0 Å². The molecule has 2 aromatic carbocycles. The lowest BCUT2D eigenvalue weighted by molar-refractivity contribution is -0.137. The number of anilines is 1. The van der Waals surface area contributed by atoms with Crippen molar-refractivity contribution in [1.82, 2.24) is 4.98 Å². The summed E-state index contributed by atoms with van der Waals surface area (Å²) in [7, 11) is -7.97. The third kappa shape index (κ3) is 6.77. The first kappa shape index (κ1) is 30.8. The van der Waals surface area contributed by atoms with E-state index in [0.717, 1.165) is 6.07 Å². The number of benzene rings is 2. The van der Waals surface area contributed by atoms with Gasteiger partial charge < -0.3 is 4.74 Å². The number of aromatic nitrogens is 1. The Morgan fingerprint density at radius 2 is 1.62 bits per heavy atom. The maximum atomic E-state index is 13.1. The first-order chi connectivity index (χ1) is 19.8. The number of carbonyl (C=O) groups is 1. The average molecular weight is 661 g/mol. The Bertz CT molecular complexity index is 1720. The van der Waals surface area contributed by atoms with Gasteiger partial charge in [-0.15, -0.1) is 0 Å². The normalized spacial score (nSPS) is 16.8. The number of sulfone groups is 1. The van der Waals surface area contributed by atoms with Gasteiger partial charge in [-0.05, 0) is 80.3 Å². The minimum absolute atomic E-state index is 0.0279. The van der Waals surface area contributed by atoms with Crippen LogP contribution in [-0.2, 0) is 30.8 Å². The van der Waals surface area contributed by atoms with Gasteiger partial charge in [-0.3, -0.25) is 9.52 Å². The van der Waals surface area contributed by atoms with Crippen molar-refractivity contribution in [2.24, 2.45) is 5.92 Å². The van der Waals surface area contributed by atoms with Crippen molar-refractivity contribution < 1.29 is 39.5 Å². The number of rotatable bonds is 9. The second kappa shape index (κ2) is 11.8. The van der Waals surface area contributed by atoms with Gasteiger partial charge in [0, 0.05) is 28.9 Å². The standard InChI is InChI=1S/C27H24ClF3N2O6S3/c28-21-15-17(27(29,30)31)3-9-23(21)42(37,38)33-24-10-8-22(25(32-24)26(34)16-1-2-16)40-18-4-6-19(7-5-18)41(35,36)20-11-13-39-14-12-20/h3-10,15-16,20H,1-2,11-14H2,(H,32,33). The van der Waals surface area contributed by atoms with Crippen LogP contribution in [0.2, 0.25) is 5.02 Å². The van der Waals surface area contributed by atoms with Crippen LogP contribution in [-0.4, -0.2) is 46.1 Å². The predicted octanol–water partition coefficient (Wildman–Crippen LogP) is 6.25. The molecule has 0 radical (unpaired) electrons. The van der Waals surface area contributed by atoms with Crippen LogP contribution < -0.4 is 4.72 Å². The van der Waals surface area contributed by atoms with Gasteiger partial charge in [0.2, 0.25) is 0 Å². The Kier molecular flexibility index (Phi) is 8.65. The van der Waals surface area contributed by atoms with E-state index in [1.165, 1.54) is 36.0 Å². The third-order valence-electron chi connectivity index (χ3n) is 6.81. The van der Waals surface area contributed by atoms with E-state index in [1.807, 2.05) is 0 Å². The zero-order valence-corrected chi connectivity index (χ0v) is 24.9. The number of nitrogens with zero attached hydrogens (tertiary/aromatic N) is 1. The molecule has 1 aliphatic heterocycles. The highest BCUT2D eigenvalue weighted by atomic mass is 35.5. The molecule has 42 heavy (non-hydrogen) atoms. The van der Waals surface area contributed by atoms with Crippen molar-refractivity contribution in [2.45, 2.75) is 56.7 Å². The van der Waals surface area contributed by atoms with E-state index in [4.69, 9.17) is 16.3 Å². The molecule has 1 N–H and O–H groups in total.